The molecule has 1 aromatic carbocycles. The molecule has 1 aromatic rings. The quantitative estimate of drug-likeness (QED) is 0.490. The van der Waals surface area contributed by atoms with Crippen molar-refractivity contribution in [3.05, 3.63) is 17.7 Å². The van der Waals surface area contributed by atoms with Crippen LogP contribution in [0.4, 0.5) is 22.7 Å². The minimum absolute atomic E-state index is 0.404. The van der Waals surface area contributed by atoms with E-state index in [1.54, 1.807) is 6.08 Å². The second-order valence-electron chi connectivity index (χ2n) is 2.99. The standard InChI is InChI=1S/C10H14N4/c1-4-6-7(11)5(2)10(14-3)9(13)8(6)12/h4H,1,3,11-13H2,2H3. The Morgan fingerprint density at radius 2 is 1.71 bits per heavy atom. The maximum atomic E-state index is 5.84. The molecule has 0 saturated carbocycles. The summed E-state index contributed by atoms with van der Waals surface area (Å²) in [6.45, 7) is 8.87. The molecule has 4 nitrogen and oxygen atoms in total. The molecule has 0 saturated heterocycles. The Morgan fingerprint density at radius 1 is 1.14 bits per heavy atom. The zero-order valence-electron chi connectivity index (χ0n) is 8.17. The number of benzene rings is 1. The van der Waals surface area contributed by atoms with E-state index in [4.69, 9.17) is 17.2 Å². The van der Waals surface area contributed by atoms with Gasteiger partial charge < -0.3 is 17.2 Å². The van der Waals surface area contributed by atoms with Crippen molar-refractivity contribution in [1.29, 1.82) is 0 Å². The molecule has 74 valence electrons. The molecule has 0 fully saturated rings. The number of hydrogen-bond donors (Lipinski definition) is 3. The van der Waals surface area contributed by atoms with Gasteiger partial charge in [-0.3, -0.25) is 4.99 Å². The molecule has 0 unspecified atom stereocenters. The number of hydrogen-bond acceptors (Lipinski definition) is 4. The number of nitrogens with two attached hydrogens (primary N) is 3. The van der Waals surface area contributed by atoms with E-state index in [0.717, 1.165) is 5.56 Å². The van der Waals surface area contributed by atoms with Crippen LogP contribution in [0, 0.1) is 6.92 Å². The highest BCUT2D eigenvalue weighted by Gasteiger charge is 2.13. The maximum Gasteiger partial charge on any atom is 0.0922 e. The fourth-order valence-electron chi connectivity index (χ4n) is 1.37. The summed E-state index contributed by atoms with van der Waals surface area (Å²) in [5, 5.41) is 0. The fourth-order valence-corrected chi connectivity index (χ4v) is 1.37. The van der Waals surface area contributed by atoms with Gasteiger partial charge in [-0.05, 0) is 13.6 Å². The summed E-state index contributed by atoms with van der Waals surface area (Å²) in [4.78, 5) is 3.80. The third-order valence-corrected chi connectivity index (χ3v) is 2.25. The van der Waals surface area contributed by atoms with E-state index >= 15 is 0 Å². The van der Waals surface area contributed by atoms with Crippen LogP contribution >= 0.6 is 0 Å². The van der Waals surface area contributed by atoms with Gasteiger partial charge in [-0.15, -0.1) is 0 Å². The molecular weight excluding hydrogens is 176 g/mol. The zero-order valence-corrected chi connectivity index (χ0v) is 8.17. The van der Waals surface area contributed by atoms with Crippen LogP contribution in [0.5, 0.6) is 0 Å². The van der Waals surface area contributed by atoms with Crippen LogP contribution in [0.3, 0.4) is 0 Å². The molecule has 0 bridgehead atoms. The van der Waals surface area contributed by atoms with Crippen molar-refractivity contribution < 1.29 is 0 Å². The van der Waals surface area contributed by atoms with Crippen LogP contribution in [0.2, 0.25) is 0 Å². The average Bonchev–Trinajstić information content (AvgIpc) is 2.17. The van der Waals surface area contributed by atoms with Crippen LogP contribution in [-0.4, -0.2) is 6.72 Å². The normalized spacial score (nSPS) is 9.79. The largest absolute Gasteiger partial charge is 0.398 e. The summed E-state index contributed by atoms with van der Waals surface area (Å²) < 4.78 is 0. The summed E-state index contributed by atoms with van der Waals surface area (Å²) >= 11 is 0. The van der Waals surface area contributed by atoms with Gasteiger partial charge in [0, 0.05) is 16.8 Å². The van der Waals surface area contributed by atoms with E-state index in [1.807, 2.05) is 6.92 Å². The van der Waals surface area contributed by atoms with Crippen molar-refractivity contribution >= 4 is 35.5 Å². The van der Waals surface area contributed by atoms with Crippen LogP contribution in [-0.2, 0) is 0 Å². The summed E-state index contributed by atoms with van der Waals surface area (Å²) in [5.41, 5.74) is 20.7. The third kappa shape index (κ3) is 1.21. The predicted octanol–water partition coefficient (Wildman–Crippen LogP) is 1.72. The molecule has 0 aliphatic rings. The lowest BCUT2D eigenvalue weighted by Crippen LogP contribution is -2.04. The lowest BCUT2D eigenvalue weighted by atomic mass is 10.0. The first-order chi connectivity index (χ1) is 6.54. The topological polar surface area (TPSA) is 90.4 Å². The van der Waals surface area contributed by atoms with Gasteiger partial charge in [0.2, 0.25) is 0 Å². The van der Waals surface area contributed by atoms with Crippen molar-refractivity contribution in [2.75, 3.05) is 17.2 Å². The minimum Gasteiger partial charge on any atom is -0.398 e. The van der Waals surface area contributed by atoms with Gasteiger partial charge in [-0.2, -0.15) is 0 Å². The van der Waals surface area contributed by atoms with Crippen LogP contribution in [0.25, 0.3) is 6.08 Å². The van der Waals surface area contributed by atoms with Gasteiger partial charge in [0.15, 0.2) is 0 Å². The molecular formula is C10H14N4. The Kier molecular flexibility index (Phi) is 2.47. The van der Waals surface area contributed by atoms with Gasteiger partial charge in [-0.1, -0.05) is 12.7 Å². The Labute approximate surface area is 83.1 Å². The Hall–Kier alpha value is -1.97. The molecule has 0 spiro atoms. The summed E-state index contributed by atoms with van der Waals surface area (Å²) in [7, 11) is 0. The van der Waals surface area contributed by atoms with E-state index in [9.17, 15) is 0 Å². The van der Waals surface area contributed by atoms with Crippen molar-refractivity contribution in [2.45, 2.75) is 6.92 Å². The molecule has 0 aliphatic carbocycles. The molecule has 1 rings (SSSR count). The van der Waals surface area contributed by atoms with E-state index in [0.29, 0.717) is 28.3 Å². The number of rotatable bonds is 2. The first-order valence-electron chi connectivity index (χ1n) is 4.10. The third-order valence-electron chi connectivity index (χ3n) is 2.25. The highest BCUT2D eigenvalue weighted by Crippen LogP contribution is 2.39. The Bertz CT molecular complexity index is 339. The molecule has 0 heterocycles. The van der Waals surface area contributed by atoms with Crippen molar-refractivity contribution in [3.63, 3.8) is 0 Å². The molecule has 6 N–H and O–H groups in total. The second kappa shape index (κ2) is 3.41. The first kappa shape index (κ1) is 10.1. The molecule has 0 aliphatic heterocycles. The maximum absolute atomic E-state index is 5.84. The Balaban J connectivity index is 3.71. The monoisotopic (exact) mass is 190 g/mol. The number of aliphatic imine (C=N–C) groups is 1. The van der Waals surface area contributed by atoms with Gasteiger partial charge in [-0.25, -0.2) is 0 Å². The highest BCUT2D eigenvalue weighted by molar-refractivity contribution is 5.93. The van der Waals surface area contributed by atoms with E-state index < -0.39 is 0 Å². The van der Waals surface area contributed by atoms with Gasteiger partial charge in [0.05, 0.1) is 17.1 Å². The van der Waals surface area contributed by atoms with Gasteiger partial charge >= 0.3 is 0 Å². The SMILES string of the molecule is C=Cc1c(N)c(C)c(N=C)c(N)c1N. The fraction of sp³-hybridized carbons (Fsp3) is 0.100. The summed E-state index contributed by atoms with van der Waals surface area (Å²) in [6, 6.07) is 0. The van der Waals surface area contributed by atoms with E-state index in [2.05, 4.69) is 18.3 Å². The number of nitrogens with zero attached hydrogens (tertiary/aromatic N) is 1. The molecule has 0 radical (unpaired) electrons. The van der Waals surface area contributed by atoms with E-state index in [1.165, 1.54) is 0 Å². The summed E-state index contributed by atoms with van der Waals surface area (Å²) in [5.74, 6) is 0. The lowest BCUT2D eigenvalue weighted by Gasteiger charge is -2.14. The lowest BCUT2D eigenvalue weighted by molar-refractivity contribution is 1.41. The zero-order chi connectivity index (χ0) is 10.9. The average molecular weight is 190 g/mol. The van der Waals surface area contributed by atoms with Crippen LogP contribution in [0.1, 0.15) is 11.1 Å². The molecule has 4 heteroatoms. The van der Waals surface area contributed by atoms with E-state index in [-0.39, 0.29) is 0 Å². The van der Waals surface area contributed by atoms with Crippen molar-refractivity contribution in [3.8, 4) is 0 Å². The number of nitrogen functional groups attached to an aromatic ring is 3. The number of anilines is 3. The van der Waals surface area contributed by atoms with Crippen molar-refractivity contribution in [2.24, 2.45) is 4.99 Å². The van der Waals surface area contributed by atoms with Gasteiger partial charge in [0.25, 0.3) is 0 Å². The highest BCUT2D eigenvalue weighted by atomic mass is 14.8. The Morgan fingerprint density at radius 3 is 2.14 bits per heavy atom. The predicted molar refractivity (Wildman–Crippen MR) is 63.7 cm³/mol. The minimum atomic E-state index is 0.404. The summed E-state index contributed by atoms with van der Waals surface area (Å²) in [6.07, 6.45) is 1.58. The molecule has 0 amide bonds. The van der Waals surface area contributed by atoms with Crippen LogP contribution in [0.15, 0.2) is 11.6 Å². The smallest absolute Gasteiger partial charge is 0.0922 e. The molecule has 0 atom stereocenters. The molecule has 0 aromatic heterocycles. The second-order valence-corrected chi connectivity index (χ2v) is 2.99. The van der Waals surface area contributed by atoms with Crippen molar-refractivity contribution in [1.82, 2.24) is 0 Å². The van der Waals surface area contributed by atoms with Gasteiger partial charge in [0.1, 0.15) is 0 Å². The first-order valence-corrected chi connectivity index (χ1v) is 4.10. The van der Waals surface area contributed by atoms with Crippen LogP contribution < -0.4 is 17.2 Å². The molecule has 14 heavy (non-hydrogen) atoms.